The highest BCUT2D eigenvalue weighted by molar-refractivity contribution is 6.13. The Kier molecular flexibility index (Phi) is 3.49. The summed E-state index contributed by atoms with van der Waals surface area (Å²) in [7, 11) is 0. The fourth-order valence-corrected chi connectivity index (χ4v) is 6.46. The fraction of sp³-hybridized carbons (Fsp3) is 0.0625. The third-order valence-electron chi connectivity index (χ3n) is 7.59. The average Bonchev–Trinajstić information content (AvgIpc) is 3.47. The first-order valence-electron chi connectivity index (χ1n) is 11.4. The molecule has 1 heterocycles. The lowest BCUT2D eigenvalue weighted by Gasteiger charge is -2.32. The molecule has 33 heavy (non-hydrogen) atoms. The van der Waals surface area contributed by atoms with Crippen molar-refractivity contribution in [2.45, 2.75) is 12.3 Å². The van der Waals surface area contributed by atoms with Gasteiger partial charge in [-0.1, -0.05) is 98.1 Å². The Morgan fingerprint density at radius 2 is 1.52 bits per heavy atom. The summed E-state index contributed by atoms with van der Waals surface area (Å²) in [5, 5.41) is 2.32. The molecule has 0 radical (unpaired) electrons. The first-order chi connectivity index (χ1) is 16.2. The van der Waals surface area contributed by atoms with Crippen LogP contribution in [0.4, 0.5) is 0 Å². The number of aryl methyl sites for hydroxylation is 1. The van der Waals surface area contributed by atoms with E-state index in [0.29, 0.717) is 0 Å². The normalized spacial score (nSPS) is 18.1. The average molecular weight is 423 g/mol. The van der Waals surface area contributed by atoms with Crippen LogP contribution >= 0.6 is 0 Å². The maximum Gasteiger partial charge on any atom is 0.143 e. The monoisotopic (exact) mass is 422 g/mol. The van der Waals surface area contributed by atoms with Crippen molar-refractivity contribution in [1.82, 2.24) is 0 Å². The predicted molar refractivity (Wildman–Crippen MR) is 138 cm³/mol. The minimum absolute atomic E-state index is 0.426. The van der Waals surface area contributed by atoms with Gasteiger partial charge < -0.3 is 4.42 Å². The minimum Gasteiger partial charge on any atom is -0.455 e. The molecule has 0 amide bonds. The predicted octanol–water partition coefficient (Wildman–Crippen LogP) is 8.35. The Balaban J connectivity index is 1.74. The van der Waals surface area contributed by atoms with Gasteiger partial charge in [0.2, 0.25) is 0 Å². The second-order valence-corrected chi connectivity index (χ2v) is 8.99. The highest BCUT2D eigenvalue weighted by Crippen LogP contribution is 2.64. The molecule has 1 heteroatoms. The third kappa shape index (κ3) is 1.99. The molecule has 1 unspecified atom stereocenters. The minimum atomic E-state index is -0.426. The summed E-state index contributed by atoms with van der Waals surface area (Å²) in [5.41, 5.74) is 12.6. The molecule has 2 aliphatic rings. The van der Waals surface area contributed by atoms with Gasteiger partial charge in [-0.15, -0.1) is 0 Å². The largest absolute Gasteiger partial charge is 0.455 e. The lowest BCUT2D eigenvalue weighted by molar-refractivity contribution is 0.669. The molecule has 0 saturated heterocycles. The Morgan fingerprint density at radius 3 is 2.36 bits per heavy atom. The van der Waals surface area contributed by atoms with Crippen molar-refractivity contribution in [3.8, 4) is 11.1 Å². The summed E-state index contributed by atoms with van der Waals surface area (Å²) in [6, 6.07) is 28.2. The summed E-state index contributed by atoms with van der Waals surface area (Å²) in [6.45, 7) is 10.7. The van der Waals surface area contributed by atoms with Crippen LogP contribution in [0, 0.1) is 6.92 Å². The molecule has 0 bridgehead atoms. The van der Waals surface area contributed by atoms with Crippen LogP contribution in [0.5, 0.6) is 0 Å². The van der Waals surface area contributed by atoms with E-state index in [1.807, 2.05) is 18.2 Å². The second-order valence-electron chi connectivity index (χ2n) is 8.99. The quantitative estimate of drug-likeness (QED) is 0.279. The molecular formula is C32H22O. The van der Waals surface area contributed by atoms with Gasteiger partial charge in [0.1, 0.15) is 11.2 Å². The Hall–Kier alpha value is -4.10. The van der Waals surface area contributed by atoms with Crippen LogP contribution in [0.15, 0.2) is 114 Å². The van der Waals surface area contributed by atoms with Crippen LogP contribution in [0.2, 0.25) is 0 Å². The summed E-state index contributed by atoms with van der Waals surface area (Å²) in [6.07, 6.45) is 4.02. The van der Waals surface area contributed by atoms with E-state index < -0.39 is 5.41 Å². The highest BCUT2D eigenvalue weighted by Gasteiger charge is 2.53. The summed E-state index contributed by atoms with van der Waals surface area (Å²) in [4.78, 5) is 0. The van der Waals surface area contributed by atoms with Gasteiger partial charge in [0.15, 0.2) is 0 Å². The molecule has 1 atom stereocenters. The van der Waals surface area contributed by atoms with Crippen LogP contribution in [-0.4, -0.2) is 0 Å². The number of furan rings is 1. The molecule has 0 saturated carbocycles. The standard InChI is InChI=1S/C32H22O/c1-4-20-22-14-10-11-19(3)30(22)32(25(20)5-2)26-15-8-6-13-24(26)29-27(32)18-17-23-21-12-7-9-16-28(21)33-31(23)29/h4-18H,1-2H2,3H3. The Labute approximate surface area is 193 Å². The molecule has 4 aromatic carbocycles. The van der Waals surface area contributed by atoms with Crippen LogP contribution in [0.25, 0.3) is 38.6 Å². The van der Waals surface area contributed by atoms with E-state index in [9.17, 15) is 0 Å². The molecule has 7 rings (SSSR count). The van der Waals surface area contributed by atoms with Gasteiger partial charge in [0, 0.05) is 16.3 Å². The molecule has 0 N–H and O–H groups in total. The topological polar surface area (TPSA) is 13.1 Å². The van der Waals surface area contributed by atoms with Crippen molar-refractivity contribution in [3.63, 3.8) is 0 Å². The molecule has 1 aromatic heterocycles. The zero-order valence-corrected chi connectivity index (χ0v) is 18.5. The summed E-state index contributed by atoms with van der Waals surface area (Å²) in [5.74, 6) is 0. The summed E-state index contributed by atoms with van der Waals surface area (Å²) < 4.78 is 6.53. The zero-order chi connectivity index (χ0) is 22.3. The zero-order valence-electron chi connectivity index (χ0n) is 18.5. The van der Waals surface area contributed by atoms with Gasteiger partial charge in [-0.3, -0.25) is 0 Å². The van der Waals surface area contributed by atoms with E-state index in [1.54, 1.807) is 0 Å². The van der Waals surface area contributed by atoms with Crippen molar-refractivity contribution < 1.29 is 4.42 Å². The molecular weight excluding hydrogens is 400 g/mol. The first-order valence-corrected chi connectivity index (χ1v) is 11.4. The van der Waals surface area contributed by atoms with Crippen molar-refractivity contribution in [1.29, 1.82) is 0 Å². The van der Waals surface area contributed by atoms with Crippen LogP contribution in [0.1, 0.15) is 27.8 Å². The second kappa shape index (κ2) is 6.24. The van der Waals surface area contributed by atoms with E-state index in [1.165, 1.54) is 44.5 Å². The number of benzene rings is 4. The maximum absolute atomic E-state index is 6.53. The van der Waals surface area contributed by atoms with Crippen molar-refractivity contribution >= 4 is 27.5 Å². The first kappa shape index (κ1) is 18.5. The van der Waals surface area contributed by atoms with Crippen LogP contribution in [-0.2, 0) is 5.41 Å². The van der Waals surface area contributed by atoms with E-state index in [0.717, 1.165) is 27.5 Å². The summed E-state index contributed by atoms with van der Waals surface area (Å²) >= 11 is 0. The number of fused-ring (bicyclic) bond motifs is 11. The molecule has 1 nitrogen and oxygen atoms in total. The van der Waals surface area contributed by atoms with E-state index in [-0.39, 0.29) is 0 Å². The van der Waals surface area contributed by atoms with Gasteiger partial charge in [-0.05, 0) is 57.5 Å². The van der Waals surface area contributed by atoms with E-state index in [2.05, 4.69) is 92.9 Å². The van der Waals surface area contributed by atoms with Gasteiger partial charge in [-0.25, -0.2) is 0 Å². The van der Waals surface area contributed by atoms with Gasteiger partial charge in [-0.2, -0.15) is 0 Å². The molecule has 156 valence electrons. The van der Waals surface area contributed by atoms with Gasteiger partial charge in [0.25, 0.3) is 0 Å². The van der Waals surface area contributed by atoms with Gasteiger partial charge >= 0.3 is 0 Å². The number of para-hydroxylation sites is 1. The fourth-order valence-electron chi connectivity index (χ4n) is 6.46. The van der Waals surface area contributed by atoms with E-state index >= 15 is 0 Å². The van der Waals surface area contributed by atoms with Crippen molar-refractivity contribution in [2.75, 3.05) is 0 Å². The smallest absolute Gasteiger partial charge is 0.143 e. The third-order valence-corrected chi connectivity index (χ3v) is 7.59. The lowest BCUT2D eigenvalue weighted by atomic mass is 9.68. The number of rotatable bonds is 2. The van der Waals surface area contributed by atoms with Crippen molar-refractivity contribution in [2.24, 2.45) is 0 Å². The maximum atomic E-state index is 6.53. The Morgan fingerprint density at radius 1 is 0.727 bits per heavy atom. The van der Waals surface area contributed by atoms with E-state index in [4.69, 9.17) is 4.42 Å². The van der Waals surface area contributed by atoms with Gasteiger partial charge in [0.05, 0.1) is 5.41 Å². The number of hydrogen-bond donors (Lipinski definition) is 0. The van der Waals surface area contributed by atoms with Crippen molar-refractivity contribution in [3.05, 3.63) is 138 Å². The molecule has 0 fully saturated rings. The SMILES string of the molecule is C=CC1=C(C=C)C2(c3ccccc3-c3c2ccc2c3oc3ccccc32)c2c(C)cccc21. The lowest BCUT2D eigenvalue weighted by Crippen LogP contribution is -2.27. The van der Waals surface area contributed by atoms with Crippen LogP contribution in [0.3, 0.4) is 0 Å². The molecule has 2 aliphatic carbocycles. The molecule has 5 aromatic rings. The molecule has 1 spiro atoms. The molecule has 0 aliphatic heterocycles. The highest BCUT2D eigenvalue weighted by atomic mass is 16.3. The number of allylic oxidation sites excluding steroid dienone is 4. The Bertz CT molecular complexity index is 1710. The van der Waals surface area contributed by atoms with Crippen LogP contribution < -0.4 is 0 Å². The number of hydrogen-bond acceptors (Lipinski definition) is 1.